The number of amides is 1. The molecular weight excluding hydrogens is 404 g/mol. The van der Waals surface area contributed by atoms with Gasteiger partial charge in [0, 0.05) is 18.2 Å². The fraction of sp³-hybridized carbons (Fsp3) is 0.364. The van der Waals surface area contributed by atoms with Gasteiger partial charge >= 0.3 is 5.97 Å². The van der Waals surface area contributed by atoms with Crippen LogP contribution in [0, 0.1) is 0 Å². The summed E-state index contributed by atoms with van der Waals surface area (Å²) in [5, 5.41) is 12.2. The number of hydrogen-bond acceptors (Lipinski definition) is 5. The first-order valence-corrected chi connectivity index (χ1v) is 11.7. The van der Waals surface area contributed by atoms with Gasteiger partial charge in [0.15, 0.2) is 9.84 Å². The quantitative estimate of drug-likeness (QED) is 0.696. The van der Waals surface area contributed by atoms with E-state index >= 15 is 0 Å². The van der Waals surface area contributed by atoms with Gasteiger partial charge in [-0.2, -0.15) is 0 Å². The third-order valence-electron chi connectivity index (χ3n) is 5.43. The van der Waals surface area contributed by atoms with Crippen molar-refractivity contribution in [3.05, 3.63) is 54.1 Å². The zero-order chi connectivity index (χ0) is 21.9. The largest absolute Gasteiger partial charge is 0.480 e. The second kappa shape index (κ2) is 8.97. The molecular formula is C22H26N2O5S. The van der Waals surface area contributed by atoms with Crippen LogP contribution in [0.15, 0.2) is 53.4 Å². The maximum atomic E-state index is 12.5. The molecule has 0 saturated carbocycles. The second-order valence-electron chi connectivity index (χ2n) is 7.71. The molecule has 0 radical (unpaired) electrons. The van der Waals surface area contributed by atoms with Crippen molar-refractivity contribution in [1.82, 2.24) is 10.2 Å². The number of sulfone groups is 1. The molecule has 0 unspecified atom stereocenters. The maximum absolute atomic E-state index is 12.5. The molecule has 8 heteroatoms. The van der Waals surface area contributed by atoms with Crippen LogP contribution >= 0.6 is 0 Å². The zero-order valence-corrected chi connectivity index (χ0v) is 17.9. The number of carbonyl (C=O) groups is 2. The molecule has 1 aliphatic heterocycles. The van der Waals surface area contributed by atoms with Crippen molar-refractivity contribution in [2.75, 3.05) is 19.8 Å². The van der Waals surface area contributed by atoms with Gasteiger partial charge in [0.2, 0.25) is 5.91 Å². The fourth-order valence-electron chi connectivity index (χ4n) is 3.79. The monoisotopic (exact) mass is 430 g/mol. The molecule has 2 aromatic carbocycles. The van der Waals surface area contributed by atoms with Crippen molar-refractivity contribution >= 4 is 21.7 Å². The maximum Gasteiger partial charge on any atom is 0.326 e. The summed E-state index contributed by atoms with van der Waals surface area (Å²) in [7, 11) is -1.52. The van der Waals surface area contributed by atoms with Crippen molar-refractivity contribution in [1.29, 1.82) is 0 Å². The van der Waals surface area contributed by atoms with Crippen LogP contribution in [0.2, 0.25) is 0 Å². The lowest BCUT2D eigenvalue weighted by atomic mass is 10.0. The third kappa shape index (κ3) is 5.06. The number of aliphatic carboxylic acids is 1. The molecule has 0 bridgehead atoms. The van der Waals surface area contributed by atoms with Gasteiger partial charge in [-0.1, -0.05) is 42.5 Å². The molecule has 0 aliphatic carbocycles. The molecule has 1 heterocycles. The average molecular weight is 431 g/mol. The molecule has 3 rings (SSSR count). The van der Waals surface area contributed by atoms with Crippen molar-refractivity contribution in [3.8, 4) is 11.1 Å². The number of nitrogens with zero attached hydrogens (tertiary/aromatic N) is 1. The Morgan fingerprint density at radius 1 is 1.17 bits per heavy atom. The molecule has 1 aliphatic rings. The van der Waals surface area contributed by atoms with Crippen molar-refractivity contribution in [2.45, 2.75) is 36.2 Å². The summed E-state index contributed by atoms with van der Waals surface area (Å²) in [4.78, 5) is 26.3. The first kappa shape index (κ1) is 22.0. The van der Waals surface area contributed by atoms with Gasteiger partial charge in [-0.3, -0.25) is 9.69 Å². The van der Waals surface area contributed by atoms with Gasteiger partial charge in [-0.15, -0.1) is 0 Å². The highest BCUT2D eigenvalue weighted by molar-refractivity contribution is 7.90. The van der Waals surface area contributed by atoms with Gasteiger partial charge in [-0.05, 0) is 43.6 Å². The summed E-state index contributed by atoms with van der Waals surface area (Å²) in [5.41, 5.74) is 2.06. The molecule has 0 spiro atoms. The number of likely N-dealkylation sites (tertiary alicyclic amines) is 1. The standard InChI is InChI=1S/C22H26N2O5S/c1-24-13-5-7-19(24)21(25)23-18(22(26)27)14-15-9-11-16(12-10-15)17-6-3-4-8-20(17)30(2,28)29/h3-4,6,8-12,18-19H,5,7,13-14H2,1-2H3,(H,23,25)(H,26,27)/t18-,19-/m0/s1. The number of carboxylic acids is 1. The van der Waals surface area contributed by atoms with E-state index in [1.807, 2.05) is 11.9 Å². The number of carbonyl (C=O) groups excluding carboxylic acids is 1. The van der Waals surface area contributed by atoms with E-state index in [-0.39, 0.29) is 23.3 Å². The fourth-order valence-corrected chi connectivity index (χ4v) is 4.71. The van der Waals surface area contributed by atoms with Crippen molar-refractivity contribution < 1.29 is 23.1 Å². The van der Waals surface area contributed by atoms with Gasteiger partial charge in [0.1, 0.15) is 6.04 Å². The molecule has 2 atom stereocenters. The Morgan fingerprint density at radius 2 is 1.83 bits per heavy atom. The van der Waals surface area contributed by atoms with Crippen LogP contribution in [0.5, 0.6) is 0 Å². The first-order chi connectivity index (χ1) is 14.2. The summed E-state index contributed by atoms with van der Waals surface area (Å²) in [6, 6.07) is 12.5. The minimum absolute atomic E-state index is 0.144. The number of carboxylic acid groups (broad SMARTS) is 1. The second-order valence-corrected chi connectivity index (χ2v) is 9.69. The van der Waals surface area contributed by atoms with Crippen LogP contribution in [0.1, 0.15) is 18.4 Å². The number of benzene rings is 2. The smallest absolute Gasteiger partial charge is 0.326 e. The van der Waals surface area contributed by atoms with Crippen LogP contribution in [-0.2, 0) is 25.8 Å². The van der Waals surface area contributed by atoms with Crippen LogP contribution in [-0.4, -0.2) is 62.2 Å². The van der Waals surface area contributed by atoms with Crippen LogP contribution < -0.4 is 5.32 Å². The molecule has 2 N–H and O–H groups in total. The number of nitrogens with one attached hydrogen (secondary N) is 1. The Labute approximate surface area is 176 Å². The highest BCUT2D eigenvalue weighted by atomic mass is 32.2. The Balaban J connectivity index is 1.76. The van der Waals surface area contributed by atoms with Gasteiger partial charge in [-0.25, -0.2) is 13.2 Å². The molecule has 2 aromatic rings. The van der Waals surface area contributed by atoms with Gasteiger partial charge in [0.05, 0.1) is 10.9 Å². The lowest BCUT2D eigenvalue weighted by Crippen LogP contribution is -2.49. The highest BCUT2D eigenvalue weighted by Crippen LogP contribution is 2.27. The minimum Gasteiger partial charge on any atom is -0.480 e. The van der Waals surface area contributed by atoms with E-state index in [4.69, 9.17) is 0 Å². The number of likely N-dealkylation sites (N-methyl/N-ethyl adjacent to an activating group) is 1. The Morgan fingerprint density at radius 3 is 2.40 bits per heavy atom. The predicted octanol–water partition coefficient (Wildman–Crippen LogP) is 1.96. The Kier molecular flexibility index (Phi) is 6.58. The summed E-state index contributed by atoms with van der Waals surface area (Å²) in [6.07, 6.45) is 2.96. The molecule has 7 nitrogen and oxygen atoms in total. The van der Waals surface area contributed by atoms with E-state index < -0.39 is 21.8 Å². The Bertz CT molecular complexity index is 1030. The van der Waals surface area contributed by atoms with Crippen LogP contribution in [0.25, 0.3) is 11.1 Å². The highest BCUT2D eigenvalue weighted by Gasteiger charge is 2.31. The van der Waals surface area contributed by atoms with E-state index in [1.165, 1.54) is 6.26 Å². The number of rotatable bonds is 7. The van der Waals surface area contributed by atoms with E-state index in [9.17, 15) is 23.1 Å². The van der Waals surface area contributed by atoms with E-state index in [1.54, 1.807) is 48.5 Å². The lowest BCUT2D eigenvalue weighted by molar-refractivity contribution is -0.142. The Hall–Kier alpha value is -2.71. The SMILES string of the molecule is CN1CCC[C@H]1C(=O)N[C@@H](Cc1ccc(-c2ccccc2S(C)(=O)=O)cc1)C(=O)O. The van der Waals surface area contributed by atoms with E-state index in [2.05, 4.69) is 5.32 Å². The topological polar surface area (TPSA) is 104 Å². The molecule has 1 amide bonds. The summed E-state index contributed by atoms with van der Waals surface area (Å²) in [6.45, 7) is 0.826. The number of hydrogen-bond donors (Lipinski definition) is 2. The lowest BCUT2D eigenvalue weighted by Gasteiger charge is -2.22. The zero-order valence-electron chi connectivity index (χ0n) is 17.0. The summed E-state index contributed by atoms with van der Waals surface area (Å²) >= 11 is 0. The molecule has 1 saturated heterocycles. The minimum atomic E-state index is -3.38. The van der Waals surface area contributed by atoms with Crippen molar-refractivity contribution in [3.63, 3.8) is 0 Å². The van der Waals surface area contributed by atoms with Crippen LogP contribution in [0.4, 0.5) is 0 Å². The van der Waals surface area contributed by atoms with Gasteiger partial charge in [0.25, 0.3) is 0 Å². The normalized spacial score (nSPS) is 18.1. The molecule has 0 aromatic heterocycles. The molecule has 30 heavy (non-hydrogen) atoms. The van der Waals surface area contributed by atoms with E-state index in [0.717, 1.165) is 30.5 Å². The summed E-state index contributed by atoms with van der Waals surface area (Å²) in [5.74, 6) is -1.35. The van der Waals surface area contributed by atoms with Crippen molar-refractivity contribution in [2.24, 2.45) is 0 Å². The summed E-state index contributed by atoms with van der Waals surface area (Å²) < 4.78 is 24.1. The predicted molar refractivity (Wildman–Crippen MR) is 114 cm³/mol. The van der Waals surface area contributed by atoms with E-state index in [0.29, 0.717) is 5.56 Å². The first-order valence-electron chi connectivity index (χ1n) is 9.78. The van der Waals surface area contributed by atoms with Gasteiger partial charge < -0.3 is 10.4 Å². The van der Waals surface area contributed by atoms with Crippen LogP contribution in [0.3, 0.4) is 0 Å². The third-order valence-corrected chi connectivity index (χ3v) is 6.58. The molecule has 1 fully saturated rings. The molecule has 160 valence electrons. The average Bonchev–Trinajstić information content (AvgIpc) is 3.13.